The number of fused-ring (bicyclic) bond motifs is 1. The lowest BCUT2D eigenvalue weighted by Crippen LogP contribution is -2.55. The number of carboxylic acid groups (broad SMARTS) is 1. The van der Waals surface area contributed by atoms with Crippen LogP contribution in [0.15, 0.2) is 84.9 Å². The van der Waals surface area contributed by atoms with Gasteiger partial charge in [0.1, 0.15) is 12.1 Å². The minimum atomic E-state index is -1.05. The van der Waals surface area contributed by atoms with E-state index in [1.165, 1.54) is 0 Å². The topological polar surface area (TPSA) is 86.7 Å². The maximum absolute atomic E-state index is 13.9. The zero-order chi connectivity index (χ0) is 26.2. The molecular formula is C31H34N2O4. The largest absolute Gasteiger partial charge is 0.480 e. The lowest BCUT2D eigenvalue weighted by molar-refractivity contribution is -0.145. The second-order valence-corrected chi connectivity index (χ2v) is 9.63. The van der Waals surface area contributed by atoms with Crippen LogP contribution in [0.25, 0.3) is 0 Å². The van der Waals surface area contributed by atoms with Gasteiger partial charge in [0, 0.05) is 25.3 Å². The van der Waals surface area contributed by atoms with Crippen molar-refractivity contribution in [3.8, 4) is 0 Å². The van der Waals surface area contributed by atoms with Crippen LogP contribution in [-0.2, 0) is 27.3 Å². The van der Waals surface area contributed by atoms with Crippen LogP contribution >= 0.6 is 0 Å². The first-order valence-electron chi connectivity index (χ1n) is 13.0. The highest BCUT2D eigenvalue weighted by Gasteiger charge is 2.37. The number of nitrogens with one attached hydrogen (secondary N) is 1. The molecule has 37 heavy (non-hydrogen) atoms. The summed E-state index contributed by atoms with van der Waals surface area (Å²) in [5.41, 5.74) is 4.09. The fourth-order valence-corrected chi connectivity index (χ4v) is 5.04. The van der Waals surface area contributed by atoms with Crippen molar-refractivity contribution in [3.63, 3.8) is 0 Å². The van der Waals surface area contributed by atoms with E-state index in [1.54, 1.807) is 4.90 Å². The molecule has 0 saturated carbocycles. The summed E-state index contributed by atoms with van der Waals surface area (Å²) in [6.07, 6.45) is 2.46. The molecule has 0 aromatic heterocycles. The number of hydrogen-bond donors (Lipinski definition) is 2. The van der Waals surface area contributed by atoms with Gasteiger partial charge in [-0.05, 0) is 28.7 Å². The van der Waals surface area contributed by atoms with Crippen molar-refractivity contribution >= 4 is 17.8 Å². The normalized spacial score (nSPS) is 15.6. The van der Waals surface area contributed by atoms with Gasteiger partial charge in [-0.2, -0.15) is 0 Å². The third-order valence-electron chi connectivity index (χ3n) is 7.12. The van der Waals surface area contributed by atoms with E-state index in [0.29, 0.717) is 25.8 Å². The molecule has 0 fully saturated rings. The van der Waals surface area contributed by atoms with E-state index < -0.39 is 24.0 Å². The first-order valence-corrected chi connectivity index (χ1v) is 13.0. The molecule has 1 heterocycles. The number of carboxylic acids is 1. The quantitative estimate of drug-likeness (QED) is 0.415. The summed E-state index contributed by atoms with van der Waals surface area (Å²) in [6, 6.07) is 25.9. The van der Waals surface area contributed by atoms with Gasteiger partial charge in [0.15, 0.2) is 0 Å². The zero-order valence-corrected chi connectivity index (χ0v) is 21.2. The van der Waals surface area contributed by atoms with Crippen LogP contribution in [0.4, 0.5) is 0 Å². The Bertz CT molecular complexity index is 1170. The molecular weight excluding hydrogens is 464 g/mol. The molecule has 6 nitrogen and oxygen atoms in total. The third kappa shape index (κ3) is 6.45. The molecule has 0 radical (unpaired) electrons. The highest BCUT2D eigenvalue weighted by molar-refractivity contribution is 5.91. The average molecular weight is 499 g/mol. The van der Waals surface area contributed by atoms with Crippen LogP contribution in [0.1, 0.15) is 60.8 Å². The number of unbranched alkanes of at least 4 members (excludes halogenated alkanes) is 1. The van der Waals surface area contributed by atoms with Crippen LogP contribution in [0, 0.1) is 0 Å². The summed E-state index contributed by atoms with van der Waals surface area (Å²) in [7, 11) is 0. The van der Waals surface area contributed by atoms with Crippen LogP contribution in [0.3, 0.4) is 0 Å². The summed E-state index contributed by atoms with van der Waals surface area (Å²) in [6.45, 7) is 2.30. The average Bonchev–Trinajstić information content (AvgIpc) is 2.93. The Balaban J connectivity index is 1.62. The summed E-state index contributed by atoms with van der Waals surface area (Å²) >= 11 is 0. The minimum Gasteiger partial charge on any atom is -0.480 e. The number of amides is 2. The maximum Gasteiger partial charge on any atom is 0.326 e. The summed E-state index contributed by atoms with van der Waals surface area (Å²) in [5.74, 6) is -1.76. The van der Waals surface area contributed by atoms with Gasteiger partial charge >= 0.3 is 5.97 Å². The van der Waals surface area contributed by atoms with Gasteiger partial charge in [0.25, 0.3) is 0 Å². The molecule has 0 saturated heterocycles. The Hall–Kier alpha value is -3.93. The van der Waals surface area contributed by atoms with Gasteiger partial charge in [0.2, 0.25) is 11.8 Å². The first kappa shape index (κ1) is 26.1. The fraction of sp³-hybridized carbons (Fsp3) is 0.323. The Morgan fingerprint density at radius 2 is 1.46 bits per heavy atom. The molecule has 2 unspecified atom stereocenters. The molecule has 3 aromatic carbocycles. The van der Waals surface area contributed by atoms with E-state index >= 15 is 0 Å². The predicted octanol–water partition coefficient (Wildman–Crippen LogP) is 4.92. The van der Waals surface area contributed by atoms with Crippen LogP contribution in [0.5, 0.6) is 0 Å². The molecule has 3 aromatic rings. The van der Waals surface area contributed by atoms with E-state index in [9.17, 15) is 19.5 Å². The SMILES string of the molecule is CCCCC(NC(=O)C1Cc2ccccc2CN1C(=O)CC(c1ccccc1)c1ccccc1)C(=O)O. The number of hydrogen-bond acceptors (Lipinski definition) is 3. The van der Waals surface area contributed by atoms with E-state index in [4.69, 9.17) is 0 Å². The lowest BCUT2D eigenvalue weighted by atomic mass is 9.87. The van der Waals surface area contributed by atoms with Gasteiger partial charge in [-0.15, -0.1) is 0 Å². The van der Waals surface area contributed by atoms with Crippen LogP contribution in [-0.4, -0.2) is 39.9 Å². The highest BCUT2D eigenvalue weighted by atomic mass is 16.4. The van der Waals surface area contributed by atoms with E-state index in [0.717, 1.165) is 28.7 Å². The number of carbonyl (C=O) groups excluding carboxylic acids is 2. The van der Waals surface area contributed by atoms with Crippen molar-refractivity contribution in [1.82, 2.24) is 10.2 Å². The van der Waals surface area contributed by atoms with Crippen molar-refractivity contribution in [3.05, 3.63) is 107 Å². The van der Waals surface area contributed by atoms with Gasteiger partial charge in [0.05, 0.1) is 0 Å². The van der Waals surface area contributed by atoms with Gasteiger partial charge < -0.3 is 15.3 Å². The standard InChI is InChI=1S/C31H34N2O4/c1-2-3-18-27(31(36)37)32-30(35)28-19-24-16-10-11-17-25(24)21-33(28)29(34)20-26(22-12-6-4-7-13-22)23-14-8-5-9-15-23/h4-17,26-28H,2-3,18-21H2,1H3,(H,32,35)(H,36,37). The predicted molar refractivity (Wildman–Crippen MR) is 143 cm³/mol. The second kappa shape index (κ2) is 12.3. The monoisotopic (exact) mass is 498 g/mol. The van der Waals surface area contributed by atoms with Crippen molar-refractivity contribution in [1.29, 1.82) is 0 Å². The second-order valence-electron chi connectivity index (χ2n) is 9.63. The van der Waals surface area contributed by atoms with Gasteiger partial charge in [-0.25, -0.2) is 4.79 Å². The molecule has 0 bridgehead atoms. The zero-order valence-electron chi connectivity index (χ0n) is 21.2. The highest BCUT2D eigenvalue weighted by Crippen LogP contribution is 2.31. The molecule has 192 valence electrons. The van der Waals surface area contributed by atoms with Crippen molar-refractivity contribution < 1.29 is 19.5 Å². The Kier molecular flexibility index (Phi) is 8.72. The van der Waals surface area contributed by atoms with E-state index in [1.807, 2.05) is 91.9 Å². The van der Waals surface area contributed by atoms with Crippen LogP contribution in [0.2, 0.25) is 0 Å². The molecule has 1 aliphatic rings. The fourth-order valence-electron chi connectivity index (χ4n) is 5.04. The number of benzene rings is 3. The molecule has 2 N–H and O–H groups in total. The van der Waals surface area contributed by atoms with Gasteiger partial charge in [-0.3, -0.25) is 9.59 Å². The Morgan fingerprint density at radius 1 is 0.892 bits per heavy atom. The lowest BCUT2D eigenvalue weighted by Gasteiger charge is -2.37. The molecule has 2 amide bonds. The third-order valence-corrected chi connectivity index (χ3v) is 7.12. The number of aliphatic carboxylic acids is 1. The summed E-state index contributed by atoms with van der Waals surface area (Å²) < 4.78 is 0. The molecule has 2 atom stereocenters. The molecule has 6 heteroatoms. The molecule has 0 spiro atoms. The van der Waals surface area contributed by atoms with Crippen molar-refractivity contribution in [2.75, 3.05) is 0 Å². The van der Waals surface area contributed by atoms with E-state index in [2.05, 4.69) is 5.32 Å². The van der Waals surface area contributed by atoms with Crippen LogP contribution < -0.4 is 5.32 Å². The summed E-state index contributed by atoms with van der Waals surface area (Å²) in [5, 5.41) is 12.4. The van der Waals surface area contributed by atoms with Crippen molar-refractivity contribution in [2.24, 2.45) is 0 Å². The first-order chi connectivity index (χ1) is 18.0. The number of nitrogens with zero attached hydrogens (tertiary/aromatic N) is 1. The smallest absolute Gasteiger partial charge is 0.326 e. The van der Waals surface area contributed by atoms with E-state index in [-0.39, 0.29) is 18.2 Å². The number of rotatable bonds is 10. The summed E-state index contributed by atoms with van der Waals surface area (Å²) in [4.78, 5) is 40.8. The molecule has 4 rings (SSSR count). The maximum atomic E-state index is 13.9. The molecule has 1 aliphatic heterocycles. The molecule has 0 aliphatic carbocycles. The van der Waals surface area contributed by atoms with Gasteiger partial charge in [-0.1, -0.05) is 105 Å². The van der Waals surface area contributed by atoms with Crippen molar-refractivity contribution in [2.45, 2.75) is 63.6 Å². The number of carbonyl (C=O) groups is 3. The Morgan fingerprint density at radius 3 is 2.03 bits per heavy atom. The Labute approximate surface area is 218 Å². The minimum absolute atomic E-state index is 0.132.